The fourth-order valence-corrected chi connectivity index (χ4v) is 3.07. The first-order valence-electron chi connectivity index (χ1n) is 7.69. The van der Waals surface area contributed by atoms with E-state index in [1.807, 2.05) is 11.4 Å². The zero-order valence-corrected chi connectivity index (χ0v) is 14.1. The monoisotopic (exact) mass is 325 g/mol. The van der Waals surface area contributed by atoms with Crippen molar-refractivity contribution in [1.29, 1.82) is 5.26 Å². The van der Waals surface area contributed by atoms with E-state index in [2.05, 4.69) is 42.0 Å². The van der Waals surface area contributed by atoms with Gasteiger partial charge in [-0.3, -0.25) is 0 Å². The lowest BCUT2D eigenvalue weighted by atomic mass is 10.1. The van der Waals surface area contributed by atoms with Crippen molar-refractivity contribution in [3.05, 3.63) is 46.0 Å². The molecule has 0 unspecified atom stereocenters. The average Bonchev–Trinajstić information content (AvgIpc) is 3.19. The Labute approximate surface area is 139 Å². The maximum atomic E-state index is 8.88. The van der Waals surface area contributed by atoms with Gasteiger partial charge in [0.05, 0.1) is 17.3 Å². The molecule has 0 amide bonds. The number of H-pyrrole nitrogens is 1. The second kappa shape index (κ2) is 6.84. The standard InChI is InChI=1S/C18H19N3OS/c1-12(2)16-7-14-6-13(4-3-5-19)18(8-17(14)21-16)22-9-15-10-23-11-20-15/h6-8,10-12,21H,3-4,9H2,1-2H3. The number of benzene rings is 1. The molecule has 2 heterocycles. The van der Waals surface area contributed by atoms with Crippen LogP contribution in [0.3, 0.4) is 0 Å². The summed E-state index contributed by atoms with van der Waals surface area (Å²) in [5, 5.41) is 12.0. The van der Waals surface area contributed by atoms with Crippen LogP contribution >= 0.6 is 11.3 Å². The Balaban J connectivity index is 1.93. The van der Waals surface area contributed by atoms with Crippen LogP contribution in [0.2, 0.25) is 0 Å². The van der Waals surface area contributed by atoms with Crippen molar-refractivity contribution in [3.63, 3.8) is 0 Å². The number of nitriles is 1. The summed E-state index contributed by atoms with van der Waals surface area (Å²) in [6.07, 6.45) is 1.18. The van der Waals surface area contributed by atoms with E-state index >= 15 is 0 Å². The molecule has 0 saturated heterocycles. The molecule has 0 radical (unpaired) electrons. The lowest BCUT2D eigenvalue weighted by Crippen LogP contribution is -1.99. The van der Waals surface area contributed by atoms with Crippen LogP contribution in [0, 0.1) is 11.3 Å². The summed E-state index contributed by atoms with van der Waals surface area (Å²) >= 11 is 1.56. The zero-order chi connectivity index (χ0) is 16.2. The van der Waals surface area contributed by atoms with E-state index in [1.165, 1.54) is 11.1 Å². The number of aryl methyl sites for hydroxylation is 1. The van der Waals surface area contributed by atoms with Gasteiger partial charge < -0.3 is 9.72 Å². The normalized spacial score (nSPS) is 11.0. The third-order valence-electron chi connectivity index (χ3n) is 3.81. The van der Waals surface area contributed by atoms with E-state index in [4.69, 9.17) is 10.00 Å². The Bertz CT molecular complexity index is 828. The summed E-state index contributed by atoms with van der Waals surface area (Å²) in [5.74, 6) is 1.28. The number of aromatic amines is 1. The van der Waals surface area contributed by atoms with Gasteiger partial charge in [0.15, 0.2) is 0 Å². The maximum Gasteiger partial charge on any atom is 0.131 e. The lowest BCUT2D eigenvalue weighted by Gasteiger charge is -2.10. The summed E-state index contributed by atoms with van der Waals surface area (Å²) in [4.78, 5) is 7.70. The van der Waals surface area contributed by atoms with Crippen molar-refractivity contribution < 1.29 is 4.74 Å². The summed E-state index contributed by atoms with van der Waals surface area (Å²) in [6.45, 7) is 4.79. The molecular formula is C18H19N3OS. The van der Waals surface area contributed by atoms with Crippen molar-refractivity contribution in [2.45, 2.75) is 39.2 Å². The predicted octanol–water partition coefficient (Wildman–Crippen LogP) is 4.78. The number of fused-ring (bicyclic) bond motifs is 1. The molecule has 3 aromatic rings. The van der Waals surface area contributed by atoms with Crippen LogP contribution in [0.15, 0.2) is 29.1 Å². The van der Waals surface area contributed by atoms with Crippen molar-refractivity contribution in [1.82, 2.24) is 9.97 Å². The van der Waals surface area contributed by atoms with Gasteiger partial charge in [-0.2, -0.15) is 5.26 Å². The van der Waals surface area contributed by atoms with Gasteiger partial charge in [0.1, 0.15) is 12.4 Å². The lowest BCUT2D eigenvalue weighted by molar-refractivity contribution is 0.299. The molecule has 4 nitrogen and oxygen atoms in total. The quantitative estimate of drug-likeness (QED) is 0.709. The number of nitrogens with zero attached hydrogens (tertiary/aromatic N) is 2. The SMILES string of the molecule is CC(C)c1cc2cc(CCC#N)c(OCc3cscn3)cc2[nH]1. The molecule has 23 heavy (non-hydrogen) atoms. The Hall–Kier alpha value is -2.32. The molecule has 0 spiro atoms. The fraction of sp³-hybridized carbons (Fsp3) is 0.333. The highest BCUT2D eigenvalue weighted by Gasteiger charge is 2.11. The van der Waals surface area contributed by atoms with Gasteiger partial charge in [0.2, 0.25) is 0 Å². The number of thiazole rings is 1. The van der Waals surface area contributed by atoms with Gasteiger partial charge in [0.25, 0.3) is 0 Å². The van der Waals surface area contributed by atoms with Crippen LogP contribution in [0.5, 0.6) is 5.75 Å². The van der Waals surface area contributed by atoms with Crippen LogP contribution in [0.25, 0.3) is 10.9 Å². The summed E-state index contributed by atoms with van der Waals surface area (Å²) < 4.78 is 5.97. The molecule has 0 aliphatic heterocycles. The minimum atomic E-state index is 0.448. The summed E-state index contributed by atoms with van der Waals surface area (Å²) in [5.41, 5.74) is 6.09. The largest absolute Gasteiger partial charge is 0.487 e. The highest BCUT2D eigenvalue weighted by molar-refractivity contribution is 7.07. The molecule has 5 heteroatoms. The molecule has 118 valence electrons. The molecule has 2 aromatic heterocycles. The Morgan fingerprint density at radius 2 is 2.22 bits per heavy atom. The summed E-state index contributed by atoms with van der Waals surface area (Å²) in [7, 11) is 0. The zero-order valence-electron chi connectivity index (χ0n) is 13.3. The third-order valence-corrected chi connectivity index (χ3v) is 4.45. The highest BCUT2D eigenvalue weighted by atomic mass is 32.1. The summed E-state index contributed by atoms with van der Waals surface area (Å²) in [6, 6.07) is 8.56. The van der Waals surface area contributed by atoms with Gasteiger partial charge in [-0.05, 0) is 30.0 Å². The Kier molecular flexibility index (Phi) is 4.63. The molecule has 0 aliphatic carbocycles. The molecule has 1 N–H and O–H groups in total. The van der Waals surface area contributed by atoms with Crippen LogP contribution in [-0.2, 0) is 13.0 Å². The minimum Gasteiger partial charge on any atom is -0.487 e. The topological polar surface area (TPSA) is 61.7 Å². The van der Waals surface area contributed by atoms with Crippen molar-refractivity contribution in [3.8, 4) is 11.8 Å². The molecule has 0 saturated carbocycles. The third kappa shape index (κ3) is 3.54. The second-order valence-electron chi connectivity index (χ2n) is 5.85. The number of ether oxygens (including phenoxy) is 1. The van der Waals surface area contributed by atoms with Crippen LogP contribution in [0.4, 0.5) is 0 Å². The molecule has 0 fully saturated rings. The van der Waals surface area contributed by atoms with Crippen LogP contribution < -0.4 is 4.74 Å². The first-order chi connectivity index (χ1) is 11.2. The van der Waals surface area contributed by atoms with Crippen LogP contribution in [0.1, 0.15) is 43.1 Å². The van der Waals surface area contributed by atoms with Gasteiger partial charge in [-0.1, -0.05) is 13.8 Å². The van der Waals surface area contributed by atoms with Crippen molar-refractivity contribution in [2.24, 2.45) is 0 Å². The molecule has 0 bridgehead atoms. The van der Waals surface area contributed by atoms with Gasteiger partial charge in [0, 0.05) is 34.5 Å². The van der Waals surface area contributed by atoms with E-state index in [-0.39, 0.29) is 0 Å². The first-order valence-corrected chi connectivity index (χ1v) is 8.64. The molecular weight excluding hydrogens is 306 g/mol. The van der Waals surface area contributed by atoms with E-state index in [0.29, 0.717) is 25.4 Å². The number of aromatic nitrogens is 2. The van der Waals surface area contributed by atoms with Crippen LogP contribution in [-0.4, -0.2) is 9.97 Å². The fourth-order valence-electron chi connectivity index (χ4n) is 2.52. The number of rotatable bonds is 6. The van der Waals surface area contributed by atoms with Gasteiger partial charge in [-0.15, -0.1) is 11.3 Å². The molecule has 1 aromatic carbocycles. The molecule has 3 rings (SSSR count). The smallest absolute Gasteiger partial charge is 0.131 e. The van der Waals surface area contributed by atoms with E-state index in [0.717, 1.165) is 22.5 Å². The van der Waals surface area contributed by atoms with E-state index in [9.17, 15) is 0 Å². The number of hydrogen-bond acceptors (Lipinski definition) is 4. The minimum absolute atomic E-state index is 0.448. The molecule has 0 aliphatic rings. The Morgan fingerprint density at radius 3 is 2.91 bits per heavy atom. The average molecular weight is 325 g/mol. The Morgan fingerprint density at radius 1 is 1.35 bits per heavy atom. The van der Waals surface area contributed by atoms with E-state index in [1.54, 1.807) is 16.8 Å². The number of hydrogen-bond donors (Lipinski definition) is 1. The van der Waals surface area contributed by atoms with Gasteiger partial charge >= 0.3 is 0 Å². The maximum absolute atomic E-state index is 8.88. The predicted molar refractivity (Wildman–Crippen MR) is 92.8 cm³/mol. The highest BCUT2D eigenvalue weighted by Crippen LogP contribution is 2.30. The van der Waals surface area contributed by atoms with Crippen molar-refractivity contribution >= 4 is 22.2 Å². The van der Waals surface area contributed by atoms with Crippen molar-refractivity contribution in [2.75, 3.05) is 0 Å². The second-order valence-corrected chi connectivity index (χ2v) is 6.57. The van der Waals surface area contributed by atoms with Gasteiger partial charge in [-0.25, -0.2) is 4.98 Å². The first kappa shape index (κ1) is 15.6. The van der Waals surface area contributed by atoms with E-state index < -0.39 is 0 Å². The number of nitrogens with one attached hydrogen (secondary N) is 1. The molecule has 0 atom stereocenters.